The van der Waals surface area contributed by atoms with Gasteiger partial charge in [-0.15, -0.1) is 0 Å². The molecule has 1 atom stereocenters. The van der Waals surface area contributed by atoms with Crippen LogP contribution in [0.5, 0.6) is 0 Å². The zero-order valence-corrected chi connectivity index (χ0v) is 14.7. The van der Waals surface area contributed by atoms with Crippen molar-refractivity contribution in [3.8, 4) is 0 Å². The number of benzene rings is 1. The van der Waals surface area contributed by atoms with Crippen LogP contribution in [-0.2, 0) is 13.0 Å². The molecule has 0 spiro atoms. The van der Waals surface area contributed by atoms with Gasteiger partial charge in [0.15, 0.2) is 0 Å². The topological polar surface area (TPSA) is 71.8 Å². The number of aryl methyl sites for hydroxylation is 2. The van der Waals surface area contributed by atoms with Crippen molar-refractivity contribution in [3.63, 3.8) is 0 Å². The van der Waals surface area contributed by atoms with Crippen molar-refractivity contribution in [2.45, 2.75) is 51.1 Å². The van der Waals surface area contributed by atoms with Gasteiger partial charge in [-0.3, -0.25) is 4.79 Å². The van der Waals surface area contributed by atoms with E-state index in [0.29, 0.717) is 12.5 Å². The summed E-state index contributed by atoms with van der Waals surface area (Å²) in [5, 5.41) is 10.9. The van der Waals surface area contributed by atoms with Gasteiger partial charge < -0.3 is 10.6 Å². The Morgan fingerprint density at radius 1 is 1.20 bits per heavy atom. The van der Waals surface area contributed by atoms with Crippen LogP contribution in [0.1, 0.15) is 52.8 Å². The number of nitrogens with one attached hydrogen (secondary N) is 2. The number of fused-ring (bicyclic) bond motifs is 1. The number of nitrogens with zero attached hydrogens (tertiary/aromatic N) is 3. The zero-order chi connectivity index (χ0) is 17.2. The summed E-state index contributed by atoms with van der Waals surface area (Å²) >= 11 is 0. The van der Waals surface area contributed by atoms with E-state index in [1.165, 1.54) is 18.4 Å². The molecule has 4 rings (SSSR count). The van der Waals surface area contributed by atoms with E-state index in [1.54, 1.807) is 0 Å². The summed E-state index contributed by atoms with van der Waals surface area (Å²) in [6.07, 6.45) is 4.12. The third-order valence-electron chi connectivity index (χ3n) is 5.28. The van der Waals surface area contributed by atoms with Gasteiger partial charge in [0.1, 0.15) is 11.6 Å². The highest BCUT2D eigenvalue weighted by atomic mass is 16.1. The van der Waals surface area contributed by atoms with Crippen molar-refractivity contribution >= 4 is 5.91 Å². The summed E-state index contributed by atoms with van der Waals surface area (Å²) in [4.78, 5) is 17.0. The van der Waals surface area contributed by atoms with Crippen molar-refractivity contribution in [1.29, 1.82) is 0 Å². The number of amides is 1. The molecule has 0 bridgehead atoms. The van der Waals surface area contributed by atoms with Gasteiger partial charge in [-0.05, 0) is 62.9 Å². The van der Waals surface area contributed by atoms with Crippen LogP contribution >= 0.6 is 0 Å². The zero-order valence-electron chi connectivity index (χ0n) is 14.7. The van der Waals surface area contributed by atoms with E-state index >= 15 is 0 Å². The molecule has 2 aliphatic rings. The molecule has 1 fully saturated rings. The molecular weight excluding hydrogens is 314 g/mol. The number of carbonyl (C=O) groups excluding carboxylic acids is 1. The molecule has 2 N–H and O–H groups in total. The molecule has 2 aromatic rings. The average molecular weight is 339 g/mol. The van der Waals surface area contributed by atoms with Gasteiger partial charge in [-0.2, -0.15) is 5.10 Å². The van der Waals surface area contributed by atoms with E-state index in [1.807, 2.05) is 23.7 Å². The first kappa shape index (κ1) is 16.3. The lowest BCUT2D eigenvalue weighted by Crippen LogP contribution is -2.41. The summed E-state index contributed by atoms with van der Waals surface area (Å²) in [5.41, 5.74) is 2.08. The SMILES string of the molecule is Cc1nc2n(n1)CC(NC(=O)c1ccc(C3CCNCC3)cc1)CC2. The van der Waals surface area contributed by atoms with Gasteiger partial charge >= 0.3 is 0 Å². The van der Waals surface area contributed by atoms with Crippen LogP contribution in [0.2, 0.25) is 0 Å². The predicted octanol–water partition coefficient (Wildman–Crippen LogP) is 1.80. The summed E-state index contributed by atoms with van der Waals surface area (Å²) in [6.45, 7) is 4.77. The quantitative estimate of drug-likeness (QED) is 0.894. The molecular formula is C19H25N5O. The maximum Gasteiger partial charge on any atom is 0.251 e. The second-order valence-corrected chi connectivity index (χ2v) is 7.11. The predicted molar refractivity (Wildman–Crippen MR) is 95.6 cm³/mol. The summed E-state index contributed by atoms with van der Waals surface area (Å²) in [7, 11) is 0. The maximum absolute atomic E-state index is 12.6. The molecule has 2 aliphatic heterocycles. The molecule has 1 amide bonds. The lowest BCUT2D eigenvalue weighted by atomic mass is 9.90. The number of piperidine rings is 1. The van der Waals surface area contributed by atoms with Crippen LogP contribution in [0.25, 0.3) is 0 Å². The summed E-state index contributed by atoms with van der Waals surface area (Å²) < 4.78 is 1.92. The van der Waals surface area contributed by atoms with Crippen molar-refractivity contribution < 1.29 is 4.79 Å². The second-order valence-electron chi connectivity index (χ2n) is 7.11. The normalized spacial score (nSPS) is 20.9. The highest BCUT2D eigenvalue weighted by Crippen LogP contribution is 2.25. The minimum atomic E-state index is 0.00199. The van der Waals surface area contributed by atoms with E-state index in [4.69, 9.17) is 0 Å². The molecule has 6 nitrogen and oxygen atoms in total. The smallest absolute Gasteiger partial charge is 0.251 e. The van der Waals surface area contributed by atoms with Crippen molar-refractivity contribution in [2.75, 3.05) is 13.1 Å². The van der Waals surface area contributed by atoms with Gasteiger partial charge in [0.05, 0.1) is 6.54 Å². The Balaban J connectivity index is 1.38. The summed E-state index contributed by atoms with van der Waals surface area (Å²) in [6, 6.07) is 8.27. The van der Waals surface area contributed by atoms with Crippen LogP contribution < -0.4 is 10.6 Å². The molecule has 0 radical (unpaired) electrons. The Bertz CT molecular complexity index is 746. The minimum absolute atomic E-state index is 0.00199. The van der Waals surface area contributed by atoms with Gasteiger partial charge in [0.25, 0.3) is 5.91 Å². The molecule has 0 saturated carbocycles. The molecule has 1 aromatic carbocycles. The highest BCUT2D eigenvalue weighted by Gasteiger charge is 2.23. The molecule has 3 heterocycles. The Kier molecular flexibility index (Phi) is 4.53. The molecule has 132 valence electrons. The van der Waals surface area contributed by atoms with Crippen molar-refractivity contribution in [2.24, 2.45) is 0 Å². The third kappa shape index (κ3) is 3.58. The fraction of sp³-hybridized carbons (Fsp3) is 0.526. The number of carbonyl (C=O) groups is 1. The lowest BCUT2D eigenvalue weighted by Gasteiger charge is -2.24. The van der Waals surface area contributed by atoms with E-state index in [-0.39, 0.29) is 11.9 Å². The van der Waals surface area contributed by atoms with Crippen LogP contribution in [0.15, 0.2) is 24.3 Å². The minimum Gasteiger partial charge on any atom is -0.347 e. The Morgan fingerprint density at radius 2 is 1.96 bits per heavy atom. The fourth-order valence-corrected chi connectivity index (χ4v) is 3.88. The molecule has 1 unspecified atom stereocenters. The van der Waals surface area contributed by atoms with Gasteiger partial charge in [-0.25, -0.2) is 9.67 Å². The number of rotatable bonds is 3. The van der Waals surface area contributed by atoms with Crippen molar-refractivity contribution in [3.05, 3.63) is 47.0 Å². The monoisotopic (exact) mass is 339 g/mol. The van der Waals surface area contributed by atoms with Gasteiger partial charge in [0.2, 0.25) is 0 Å². The highest BCUT2D eigenvalue weighted by molar-refractivity contribution is 5.94. The van der Waals surface area contributed by atoms with Crippen LogP contribution in [-0.4, -0.2) is 39.8 Å². The lowest BCUT2D eigenvalue weighted by molar-refractivity contribution is 0.0926. The third-order valence-corrected chi connectivity index (χ3v) is 5.28. The Labute approximate surface area is 148 Å². The molecule has 6 heteroatoms. The Morgan fingerprint density at radius 3 is 2.72 bits per heavy atom. The number of aromatic nitrogens is 3. The van der Waals surface area contributed by atoms with Gasteiger partial charge in [-0.1, -0.05) is 12.1 Å². The molecule has 1 saturated heterocycles. The van der Waals surface area contributed by atoms with E-state index in [2.05, 4.69) is 32.8 Å². The van der Waals surface area contributed by atoms with Crippen molar-refractivity contribution in [1.82, 2.24) is 25.4 Å². The van der Waals surface area contributed by atoms with Crippen LogP contribution in [0.4, 0.5) is 0 Å². The van der Waals surface area contributed by atoms with E-state index in [0.717, 1.165) is 43.1 Å². The number of hydrogen-bond donors (Lipinski definition) is 2. The fourth-order valence-electron chi connectivity index (χ4n) is 3.88. The second kappa shape index (κ2) is 6.96. The number of hydrogen-bond acceptors (Lipinski definition) is 4. The van der Waals surface area contributed by atoms with E-state index in [9.17, 15) is 4.79 Å². The first-order valence-corrected chi connectivity index (χ1v) is 9.21. The molecule has 0 aliphatic carbocycles. The maximum atomic E-state index is 12.6. The standard InChI is InChI=1S/C19H25N5O/c1-13-21-18-7-6-17(12-24(18)23-13)22-19(25)16-4-2-14(3-5-16)15-8-10-20-11-9-15/h2-5,15,17,20H,6-12H2,1H3,(H,22,25). The van der Waals surface area contributed by atoms with E-state index < -0.39 is 0 Å². The van der Waals surface area contributed by atoms with Crippen LogP contribution in [0.3, 0.4) is 0 Å². The Hall–Kier alpha value is -2.21. The molecule has 25 heavy (non-hydrogen) atoms. The average Bonchev–Trinajstić information content (AvgIpc) is 3.02. The first-order chi connectivity index (χ1) is 12.2. The van der Waals surface area contributed by atoms with Gasteiger partial charge in [0, 0.05) is 18.0 Å². The first-order valence-electron chi connectivity index (χ1n) is 9.21. The van der Waals surface area contributed by atoms with Crippen LogP contribution in [0, 0.1) is 6.92 Å². The molecule has 1 aromatic heterocycles. The largest absolute Gasteiger partial charge is 0.347 e. The summed E-state index contributed by atoms with van der Waals surface area (Å²) in [5.74, 6) is 2.44.